The van der Waals surface area contributed by atoms with Gasteiger partial charge in [0, 0.05) is 25.2 Å². The van der Waals surface area contributed by atoms with Gasteiger partial charge in [-0.2, -0.15) is 0 Å². The Kier molecular flexibility index (Phi) is 3.18. The summed E-state index contributed by atoms with van der Waals surface area (Å²) < 4.78 is 0. The maximum atomic E-state index is 12.0. The fraction of sp³-hybridized carbons (Fsp3) is 0.857. The van der Waals surface area contributed by atoms with Crippen LogP contribution < -0.4 is 0 Å². The normalized spacial score (nSPS) is 40.0. The van der Waals surface area contributed by atoms with E-state index in [-0.39, 0.29) is 5.92 Å². The van der Waals surface area contributed by atoms with E-state index >= 15 is 0 Å². The van der Waals surface area contributed by atoms with Crippen LogP contribution in [0.15, 0.2) is 0 Å². The zero-order valence-electron chi connectivity index (χ0n) is 10.5. The van der Waals surface area contributed by atoms with Gasteiger partial charge in [-0.05, 0) is 30.1 Å². The van der Waals surface area contributed by atoms with Crippen LogP contribution in [-0.4, -0.2) is 11.6 Å². The molecular weight excluding hydrogens is 200 g/mol. The molecule has 2 heteroatoms. The largest absolute Gasteiger partial charge is 0.300 e. The van der Waals surface area contributed by atoms with Crippen molar-refractivity contribution in [2.24, 2.45) is 29.6 Å². The van der Waals surface area contributed by atoms with Crippen molar-refractivity contribution < 1.29 is 9.59 Å². The van der Waals surface area contributed by atoms with E-state index < -0.39 is 0 Å². The highest BCUT2D eigenvalue weighted by Crippen LogP contribution is 2.46. The van der Waals surface area contributed by atoms with Crippen LogP contribution in [-0.2, 0) is 9.59 Å². The molecule has 0 spiro atoms. The van der Waals surface area contributed by atoms with Crippen molar-refractivity contribution >= 4 is 11.6 Å². The second-order valence-electron chi connectivity index (χ2n) is 5.98. The Bertz CT molecular complexity index is 306. The maximum Gasteiger partial charge on any atom is 0.136 e. The third-order valence-electron chi connectivity index (χ3n) is 4.76. The number of ketones is 2. The first-order chi connectivity index (χ1) is 7.50. The Balaban J connectivity index is 2.22. The topological polar surface area (TPSA) is 34.1 Å². The molecule has 2 fully saturated rings. The molecule has 2 rings (SSSR count). The third kappa shape index (κ3) is 1.94. The van der Waals surface area contributed by atoms with Crippen molar-refractivity contribution in [2.75, 3.05) is 0 Å². The first-order valence-corrected chi connectivity index (χ1v) is 6.55. The minimum atomic E-state index is 0.115. The molecule has 0 aromatic rings. The van der Waals surface area contributed by atoms with Gasteiger partial charge in [-0.1, -0.05) is 20.8 Å². The highest BCUT2D eigenvalue weighted by Gasteiger charge is 2.45. The molecule has 2 aliphatic rings. The molecule has 2 aliphatic carbocycles. The Hall–Kier alpha value is -0.660. The number of hydrogen-bond donors (Lipinski definition) is 0. The molecule has 2 nitrogen and oxygen atoms in total. The van der Waals surface area contributed by atoms with Gasteiger partial charge >= 0.3 is 0 Å². The third-order valence-corrected chi connectivity index (χ3v) is 4.76. The number of carbonyl (C=O) groups is 2. The molecule has 4 unspecified atom stereocenters. The molecule has 0 saturated heterocycles. The minimum absolute atomic E-state index is 0.115. The molecule has 0 heterocycles. The Morgan fingerprint density at radius 3 is 2.44 bits per heavy atom. The zero-order valence-corrected chi connectivity index (χ0v) is 10.5. The highest BCUT2D eigenvalue weighted by atomic mass is 16.1. The highest BCUT2D eigenvalue weighted by molar-refractivity contribution is 5.85. The number of Topliss-reactive ketones (excluding diaryl/α,β-unsaturated/α-hetero) is 2. The maximum absolute atomic E-state index is 12.0. The van der Waals surface area contributed by atoms with E-state index in [1.165, 1.54) is 0 Å². The van der Waals surface area contributed by atoms with Gasteiger partial charge in [0.2, 0.25) is 0 Å². The summed E-state index contributed by atoms with van der Waals surface area (Å²) in [5.41, 5.74) is 0. The van der Waals surface area contributed by atoms with Gasteiger partial charge in [0.15, 0.2) is 0 Å². The summed E-state index contributed by atoms with van der Waals surface area (Å²) in [4.78, 5) is 23.5. The van der Waals surface area contributed by atoms with Gasteiger partial charge in [0.25, 0.3) is 0 Å². The molecular formula is C14H22O2. The van der Waals surface area contributed by atoms with Crippen LogP contribution in [0.3, 0.4) is 0 Å². The molecule has 0 amide bonds. The van der Waals surface area contributed by atoms with Crippen molar-refractivity contribution in [1.82, 2.24) is 0 Å². The molecule has 2 saturated carbocycles. The smallest absolute Gasteiger partial charge is 0.136 e. The summed E-state index contributed by atoms with van der Waals surface area (Å²) in [5, 5.41) is 0. The second kappa shape index (κ2) is 4.31. The van der Waals surface area contributed by atoms with Crippen molar-refractivity contribution in [3.8, 4) is 0 Å². The van der Waals surface area contributed by atoms with E-state index in [4.69, 9.17) is 0 Å². The van der Waals surface area contributed by atoms with E-state index in [1.54, 1.807) is 0 Å². The Morgan fingerprint density at radius 1 is 1.12 bits per heavy atom. The monoisotopic (exact) mass is 222 g/mol. The van der Waals surface area contributed by atoms with E-state index in [2.05, 4.69) is 13.8 Å². The molecule has 0 aromatic heterocycles. The summed E-state index contributed by atoms with van der Waals surface area (Å²) in [6, 6.07) is 0. The van der Waals surface area contributed by atoms with Crippen molar-refractivity contribution in [3.63, 3.8) is 0 Å². The predicted molar refractivity (Wildman–Crippen MR) is 63.0 cm³/mol. The van der Waals surface area contributed by atoms with Crippen LogP contribution >= 0.6 is 0 Å². The average molecular weight is 222 g/mol. The van der Waals surface area contributed by atoms with Crippen LogP contribution in [0.4, 0.5) is 0 Å². The quantitative estimate of drug-likeness (QED) is 0.683. The summed E-state index contributed by atoms with van der Waals surface area (Å²) in [6.45, 7) is 6.44. The molecule has 0 radical (unpaired) electrons. The van der Waals surface area contributed by atoms with E-state index in [0.717, 1.165) is 19.3 Å². The van der Waals surface area contributed by atoms with Gasteiger partial charge in [0.1, 0.15) is 11.6 Å². The number of fused-ring (bicyclic) bond motifs is 1. The molecule has 0 bridgehead atoms. The van der Waals surface area contributed by atoms with Gasteiger partial charge in [-0.25, -0.2) is 0 Å². The Labute approximate surface area is 97.8 Å². The van der Waals surface area contributed by atoms with Crippen LogP contribution in [0.2, 0.25) is 0 Å². The lowest BCUT2D eigenvalue weighted by Crippen LogP contribution is -2.44. The first-order valence-electron chi connectivity index (χ1n) is 6.55. The van der Waals surface area contributed by atoms with Gasteiger partial charge in [0.05, 0.1) is 0 Å². The van der Waals surface area contributed by atoms with Crippen molar-refractivity contribution in [3.05, 3.63) is 0 Å². The molecule has 0 aliphatic heterocycles. The lowest BCUT2D eigenvalue weighted by Gasteiger charge is -2.45. The van der Waals surface area contributed by atoms with Crippen LogP contribution in [0, 0.1) is 29.6 Å². The SMILES string of the molecule is CC(C)C1CC(=O)C(C)C2CC(=O)CCC12. The summed E-state index contributed by atoms with van der Waals surface area (Å²) in [7, 11) is 0. The van der Waals surface area contributed by atoms with Gasteiger partial charge in [-0.15, -0.1) is 0 Å². The molecule has 16 heavy (non-hydrogen) atoms. The fourth-order valence-electron chi connectivity index (χ4n) is 3.68. The lowest BCUT2D eigenvalue weighted by molar-refractivity contribution is -0.136. The van der Waals surface area contributed by atoms with Gasteiger partial charge < -0.3 is 0 Å². The first kappa shape index (κ1) is 11.8. The molecule has 90 valence electrons. The molecule has 4 atom stereocenters. The Morgan fingerprint density at radius 2 is 1.81 bits per heavy atom. The second-order valence-corrected chi connectivity index (χ2v) is 5.98. The zero-order chi connectivity index (χ0) is 11.9. The summed E-state index contributed by atoms with van der Waals surface area (Å²) >= 11 is 0. The summed E-state index contributed by atoms with van der Waals surface area (Å²) in [5.74, 6) is 2.91. The minimum Gasteiger partial charge on any atom is -0.300 e. The molecule has 0 N–H and O–H groups in total. The van der Waals surface area contributed by atoms with Crippen molar-refractivity contribution in [2.45, 2.75) is 46.5 Å². The number of carbonyl (C=O) groups excluding carboxylic acids is 2. The van der Waals surface area contributed by atoms with Crippen LogP contribution in [0.25, 0.3) is 0 Å². The van der Waals surface area contributed by atoms with Crippen LogP contribution in [0.5, 0.6) is 0 Å². The number of hydrogen-bond acceptors (Lipinski definition) is 2. The predicted octanol–water partition coefficient (Wildman–Crippen LogP) is 2.85. The standard InChI is InChI=1S/C14H22O2/c1-8(2)12-7-14(16)9(3)13-6-10(15)4-5-11(12)13/h8-9,11-13H,4-7H2,1-3H3. The van der Waals surface area contributed by atoms with Crippen LogP contribution in [0.1, 0.15) is 46.5 Å². The van der Waals surface area contributed by atoms with E-state index in [9.17, 15) is 9.59 Å². The van der Waals surface area contributed by atoms with E-state index in [0.29, 0.717) is 41.7 Å². The summed E-state index contributed by atoms with van der Waals surface area (Å²) in [6.07, 6.45) is 3.16. The molecule has 0 aromatic carbocycles. The van der Waals surface area contributed by atoms with Gasteiger partial charge in [-0.3, -0.25) is 9.59 Å². The number of rotatable bonds is 1. The fourth-order valence-corrected chi connectivity index (χ4v) is 3.68. The van der Waals surface area contributed by atoms with E-state index in [1.807, 2.05) is 6.92 Å². The average Bonchev–Trinajstić information content (AvgIpc) is 2.23. The van der Waals surface area contributed by atoms with Crippen molar-refractivity contribution in [1.29, 1.82) is 0 Å². The lowest BCUT2D eigenvalue weighted by atomic mass is 9.58.